The summed E-state index contributed by atoms with van der Waals surface area (Å²) in [4.78, 5) is 9.90. The second-order valence-electron chi connectivity index (χ2n) is 9.42. The minimum Gasteiger partial charge on any atom is -0.452 e. The molecule has 0 unspecified atom stereocenters. The molecule has 4 nitrogen and oxygen atoms in total. The predicted octanol–water partition coefficient (Wildman–Crippen LogP) is 9.28. The summed E-state index contributed by atoms with van der Waals surface area (Å²) in [5.41, 5.74) is 8.00. The number of rotatable bonds is 3. The number of fused-ring (bicyclic) bond motifs is 7. The van der Waals surface area contributed by atoms with Gasteiger partial charge >= 0.3 is 0 Å². The molecule has 0 aliphatic heterocycles. The molecule has 0 saturated carbocycles. The molecule has 4 heteroatoms. The molecule has 0 spiro atoms. The van der Waals surface area contributed by atoms with Crippen LogP contribution in [0.25, 0.3) is 77.8 Å². The summed E-state index contributed by atoms with van der Waals surface area (Å²) in [7, 11) is 0. The Morgan fingerprint density at radius 3 is 1.71 bits per heavy atom. The monoisotopic (exact) mass is 488 g/mol. The first-order chi connectivity index (χ1) is 18.8. The van der Waals surface area contributed by atoms with E-state index in [4.69, 9.17) is 18.8 Å². The van der Waals surface area contributed by atoms with Gasteiger partial charge in [0, 0.05) is 38.2 Å². The van der Waals surface area contributed by atoms with Gasteiger partial charge in [-0.25, -0.2) is 9.97 Å². The molecule has 0 atom stereocenters. The topological polar surface area (TPSA) is 52.1 Å². The lowest BCUT2D eigenvalue weighted by Gasteiger charge is -2.09. The highest BCUT2D eigenvalue weighted by atomic mass is 16.4. The van der Waals surface area contributed by atoms with Crippen molar-refractivity contribution in [2.24, 2.45) is 0 Å². The van der Waals surface area contributed by atoms with Gasteiger partial charge in [-0.05, 0) is 42.5 Å². The Kier molecular flexibility index (Phi) is 4.49. The number of hydrogen-bond donors (Lipinski definition) is 0. The largest absolute Gasteiger partial charge is 0.452 e. The minimum atomic E-state index is 0.697. The van der Waals surface area contributed by atoms with E-state index in [1.54, 1.807) is 0 Å². The first kappa shape index (κ1) is 20.9. The van der Waals surface area contributed by atoms with Crippen molar-refractivity contribution in [3.8, 4) is 33.9 Å². The third-order valence-electron chi connectivity index (χ3n) is 7.11. The van der Waals surface area contributed by atoms with Gasteiger partial charge < -0.3 is 8.83 Å². The molecule has 3 aromatic heterocycles. The minimum absolute atomic E-state index is 0.697. The molecule has 0 bridgehead atoms. The average molecular weight is 489 g/mol. The molecule has 8 aromatic rings. The van der Waals surface area contributed by atoms with Crippen molar-refractivity contribution in [3.63, 3.8) is 0 Å². The van der Waals surface area contributed by atoms with Crippen molar-refractivity contribution in [3.05, 3.63) is 121 Å². The Hall–Kier alpha value is -5.22. The summed E-state index contributed by atoms with van der Waals surface area (Å²) < 4.78 is 12.6. The Bertz CT molecular complexity index is 2070. The highest BCUT2D eigenvalue weighted by Gasteiger charge is 2.17. The van der Waals surface area contributed by atoms with Crippen molar-refractivity contribution in [2.45, 2.75) is 0 Å². The predicted molar refractivity (Wildman–Crippen MR) is 153 cm³/mol. The van der Waals surface area contributed by atoms with E-state index in [1.165, 1.54) is 0 Å². The van der Waals surface area contributed by atoms with Crippen LogP contribution in [0.3, 0.4) is 0 Å². The van der Waals surface area contributed by atoms with E-state index in [9.17, 15) is 0 Å². The number of para-hydroxylation sites is 1. The van der Waals surface area contributed by atoms with E-state index in [0.29, 0.717) is 5.82 Å². The highest BCUT2D eigenvalue weighted by molar-refractivity contribution is 6.19. The van der Waals surface area contributed by atoms with Gasteiger partial charge in [-0.15, -0.1) is 0 Å². The van der Waals surface area contributed by atoms with Crippen LogP contribution in [0, 0.1) is 0 Å². The molecular weight excluding hydrogens is 468 g/mol. The summed E-state index contributed by atoms with van der Waals surface area (Å²) in [5.74, 6) is 0.697. The van der Waals surface area contributed by atoms with Crippen LogP contribution in [-0.2, 0) is 0 Å². The van der Waals surface area contributed by atoms with Crippen molar-refractivity contribution >= 4 is 43.9 Å². The summed E-state index contributed by atoms with van der Waals surface area (Å²) >= 11 is 0. The molecule has 178 valence electrons. The second-order valence-corrected chi connectivity index (χ2v) is 9.42. The van der Waals surface area contributed by atoms with Gasteiger partial charge in [0.15, 0.2) is 17.0 Å². The maximum Gasteiger partial charge on any atom is 0.178 e. The van der Waals surface area contributed by atoms with Gasteiger partial charge in [0.25, 0.3) is 0 Å². The van der Waals surface area contributed by atoms with Gasteiger partial charge in [0.1, 0.15) is 11.2 Å². The van der Waals surface area contributed by atoms with Crippen LogP contribution in [0.1, 0.15) is 0 Å². The van der Waals surface area contributed by atoms with Gasteiger partial charge in [-0.2, -0.15) is 0 Å². The zero-order chi connectivity index (χ0) is 25.1. The first-order valence-electron chi connectivity index (χ1n) is 12.6. The van der Waals surface area contributed by atoms with E-state index in [-0.39, 0.29) is 0 Å². The fourth-order valence-corrected chi connectivity index (χ4v) is 5.24. The van der Waals surface area contributed by atoms with Crippen molar-refractivity contribution in [1.82, 2.24) is 9.97 Å². The van der Waals surface area contributed by atoms with E-state index >= 15 is 0 Å². The maximum absolute atomic E-state index is 6.35. The summed E-state index contributed by atoms with van der Waals surface area (Å²) in [6.07, 6.45) is 0. The lowest BCUT2D eigenvalue weighted by atomic mass is 10.0. The zero-order valence-corrected chi connectivity index (χ0v) is 20.3. The van der Waals surface area contributed by atoms with E-state index in [2.05, 4.69) is 48.5 Å². The maximum atomic E-state index is 6.35. The van der Waals surface area contributed by atoms with Crippen LogP contribution in [-0.4, -0.2) is 9.97 Å². The number of aromatic nitrogens is 2. The molecule has 8 rings (SSSR count). The molecule has 0 aliphatic carbocycles. The molecular formula is C34H20N2O2. The van der Waals surface area contributed by atoms with Crippen LogP contribution >= 0.6 is 0 Å². The van der Waals surface area contributed by atoms with E-state index in [1.807, 2.05) is 72.8 Å². The van der Waals surface area contributed by atoms with Crippen LogP contribution in [0.15, 0.2) is 130 Å². The van der Waals surface area contributed by atoms with Crippen LogP contribution in [0.4, 0.5) is 0 Å². The average Bonchev–Trinajstić information content (AvgIpc) is 3.56. The summed E-state index contributed by atoms with van der Waals surface area (Å²) in [6, 6.07) is 41.0. The Morgan fingerprint density at radius 1 is 0.395 bits per heavy atom. The van der Waals surface area contributed by atoms with Crippen molar-refractivity contribution < 1.29 is 8.83 Å². The molecule has 0 amide bonds. The van der Waals surface area contributed by atoms with Crippen molar-refractivity contribution in [1.29, 1.82) is 0 Å². The molecule has 3 heterocycles. The zero-order valence-electron chi connectivity index (χ0n) is 20.3. The number of benzene rings is 5. The fourth-order valence-electron chi connectivity index (χ4n) is 5.24. The van der Waals surface area contributed by atoms with Crippen LogP contribution in [0.2, 0.25) is 0 Å². The third kappa shape index (κ3) is 3.24. The number of nitrogens with zero attached hydrogens (tertiary/aromatic N) is 2. The quantitative estimate of drug-likeness (QED) is 0.249. The lowest BCUT2D eigenvalue weighted by Crippen LogP contribution is -1.95. The second kappa shape index (κ2) is 8.15. The smallest absolute Gasteiger partial charge is 0.178 e. The van der Waals surface area contributed by atoms with Gasteiger partial charge in [-0.1, -0.05) is 78.9 Å². The number of furan rings is 2. The standard InChI is InChI=1S/C34H20N2O2/c1-3-9-21(10-4-1)28-20-29(36-34(35-28)22-11-5-2-6-12-22)23-15-18-31-27(19-23)26-17-16-25-24-13-7-8-14-30(24)37-32(25)33(26)38-31/h1-20H. The van der Waals surface area contributed by atoms with Gasteiger partial charge in [0.2, 0.25) is 0 Å². The van der Waals surface area contributed by atoms with Gasteiger partial charge in [0.05, 0.1) is 11.4 Å². The molecule has 38 heavy (non-hydrogen) atoms. The Labute approximate surface area is 217 Å². The molecule has 0 aliphatic rings. The molecule has 0 saturated heterocycles. The third-order valence-corrected chi connectivity index (χ3v) is 7.11. The SMILES string of the molecule is c1ccc(-c2cc(-c3ccc4oc5c(ccc6c7ccccc7oc65)c4c3)nc(-c3ccccc3)n2)cc1. The first-order valence-corrected chi connectivity index (χ1v) is 12.6. The molecule has 0 radical (unpaired) electrons. The van der Waals surface area contributed by atoms with Crippen molar-refractivity contribution in [2.75, 3.05) is 0 Å². The summed E-state index contributed by atoms with van der Waals surface area (Å²) in [6.45, 7) is 0. The number of hydrogen-bond acceptors (Lipinski definition) is 4. The Balaban J connectivity index is 1.35. The Morgan fingerprint density at radius 2 is 0.974 bits per heavy atom. The van der Waals surface area contributed by atoms with E-state index < -0.39 is 0 Å². The van der Waals surface area contributed by atoms with Crippen LogP contribution < -0.4 is 0 Å². The van der Waals surface area contributed by atoms with Gasteiger partial charge in [-0.3, -0.25) is 0 Å². The van der Waals surface area contributed by atoms with Crippen LogP contribution in [0.5, 0.6) is 0 Å². The highest BCUT2D eigenvalue weighted by Crippen LogP contribution is 2.39. The lowest BCUT2D eigenvalue weighted by molar-refractivity contribution is 0.633. The fraction of sp³-hybridized carbons (Fsp3) is 0. The normalized spacial score (nSPS) is 11.7. The molecule has 0 N–H and O–H groups in total. The van der Waals surface area contributed by atoms with E-state index in [0.717, 1.165) is 72.0 Å². The molecule has 5 aromatic carbocycles. The summed E-state index contributed by atoms with van der Waals surface area (Å²) in [5, 5.41) is 4.20. The molecule has 0 fully saturated rings.